The van der Waals surface area contributed by atoms with Crippen molar-refractivity contribution < 1.29 is 13.5 Å². The maximum Gasteiger partial charge on any atom is 0.191 e. The first-order valence-corrected chi connectivity index (χ1v) is 8.99. The van der Waals surface area contributed by atoms with Gasteiger partial charge in [-0.25, -0.2) is 8.78 Å². The molecule has 4 rings (SSSR count). The summed E-state index contributed by atoms with van der Waals surface area (Å²) in [6.07, 6.45) is 2.08. The predicted octanol–water partition coefficient (Wildman–Crippen LogP) is 2.80. The van der Waals surface area contributed by atoms with Crippen molar-refractivity contribution in [2.45, 2.75) is 50.8 Å². The van der Waals surface area contributed by atoms with E-state index in [-0.39, 0.29) is 22.9 Å². The van der Waals surface area contributed by atoms with Crippen molar-refractivity contribution in [3.05, 3.63) is 35.4 Å². The third-order valence-electron chi connectivity index (χ3n) is 6.10. The molecule has 0 aromatic heterocycles. The number of hydrogen-bond acceptors (Lipinski definition) is 2. The lowest BCUT2D eigenvalue weighted by atomic mass is 9.57. The van der Waals surface area contributed by atoms with Crippen LogP contribution in [0.3, 0.4) is 0 Å². The average molecular weight is 349 g/mol. The summed E-state index contributed by atoms with van der Waals surface area (Å²) in [5.41, 5.74) is 0.239. The molecule has 3 aliphatic rings. The highest BCUT2D eigenvalue weighted by atomic mass is 19.1. The van der Waals surface area contributed by atoms with E-state index in [9.17, 15) is 8.78 Å². The lowest BCUT2D eigenvalue weighted by Gasteiger charge is -2.54. The summed E-state index contributed by atoms with van der Waals surface area (Å²) < 4.78 is 33.7. The molecule has 0 spiro atoms. The summed E-state index contributed by atoms with van der Waals surface area (Å²) in [7, 11) is 1.73. The molecule has 5 atom stereocenters. The van der Waals surface area contributed by atoms with Crippen LogP contribution in [0, 0.1) is 23.0 Å². The summed E-state index contributed by atoms with van der Waals surface area (Å²) >= 11 is 0. The smallest absolute Gasteiger partial charge is 0.191 e. The Morgan fingerprint density at radius 2 is 1.96 bits per heavy atom. The number of ether oxygens (including phenoxy) is 1. The molecule has 3 fully saturated rings. The lowest BCUT2D eigenvalue weighted by molar-refractivity contribution is -0.106. The summed E-state index contributed by atoms with van der Waals surface area (Å²) in [5, 5.41) is 6.83. The van der Waals surface area contributed by atoms with E-state index in [1.807, 2.05) is 0 Å². The fourth-order valence-electron chi connectivity index (χ4n) is 4.65. The Hall–Kier alpha value is -1.69. The van der Waals surface area contributed by atoms with Crippen molar-refractivity contribution in [3.8, 4) is 0 Å². The minimum atomic E-state index is -0.469. The first-order valence-electron chi connectivity index (χ1n) is 8.99. The van der Waals surface area contributed by atoms with Crippen LogP contribution in [-0.4, -0.2) is 37.8 Å². The van der Waals surface area contributed by atoms with Gasteiger partial charge < -0.3 is 15.4 Å². The molecule has 1 aromatic carbocycles. The third kappa shape index (κ3) is 2.71. The van der Waals surface area contributed by atoms with Crippen LogP contribution in [-0.2, 0) is 4.74 Å². The molecule has 2 saturated carbocycles. The molecule has 5 unspecified atom stereocenters. The van der Waals surface area contributed by atoms with Crippen LogP contribution in [0.5, 0.6) is 0 Å². The van der Waals surface area contributed by atoms with E-state index in [0.717, 1.165) is 13.0 Å². The van der Waals surface area contributed by atoms with Crippen molar-refractivity contribution in [2.75, 3.05) is 13.7 Å². The van der Waals surface area contributed by atoms with Crippen LogP contribution in [0.25, 0.3) is 0 Å². The fraction of sp³-hybridized carbons (Fsp3) is 0.632. The zero-order chi connectivity index (χ0) is 17.8. The highest BCUT2D eigenvalue weighted by molar-refractivity contribution is 5.81. The van der Waals surface area contributed by atoms with Gasteiger partial charge in [-0.15, -0.1) is 0 Å². The number of guanidine groups is 1. The molecule has 0 radical (unpaired) electrons. The molecule has 136 valence electrons. The van der Waals surface area contributed by atoms with Crippen molar-refractivity contribution in [1.29, 1.82) is 0 Å². The summed E-state index contributed by atoms with van der Waals surface area (Å²) in [6.45, 7) is 5.23. The monoisotopic (exact) mass is 349 g/mol. The maximum atomic E-state index is 13.9. The Morgan fingerprint density at radius 1 is 1.24 bits per heavy atom. The van der Waals surface area contributed by atoms with Crippen LogP contribution in [0.2, 0.25) is 0 Å². The normalized spacial score (nSPS) is 35.7. The SMILES string of the molecule is CN=C(NC1CC1c1c(F)cccc1F)NC1C2CCOC2C1(C)C. The van der Waals surface area contributed by atoms with Crippen LogP contribution in [0.15, 0.2) is 23.2 Å². The topological polar surface area (TPSA) is 45.7 Å². The molecule has 1 saturated heterocycles. The quantitative estimate of drug-likeness (QED) is 0.652. The van der Waals surface area contributed by atoms with Gasteiger partial charge in [0.2, 0.25) is 0 Å². The van der Waals surface area contributed by atoms with E-state index >= 15 is 0 Å². The minimum Gasteiger partial charge on any atom is -0.377 e. The molecule has 2 N–H and O–H groups in total. The van der Waals surface area contributed by atoms with Gasteiger partial charge in [-0.05, 0) is 25.0 Å². The number of nitrogens with one attached hydrogen (secondary N) is 2. The van der Waals surface area contributed by atoms with Gasteiger partial charge in [0.25, 0.3) is 0 Å². The Kier molecular flexibility index (Phi) is 3.98. The lowest BCUT2D eigenvalue weighted by Crippen LogP contribution is -2.68. The van der Waals surface area contributed by atoms with Crippen molar-refractivity contribution in [3.63, 3.8) is 0 Å². The van der Waals surface area contributed by atoms with Gasteiger partial charge in [0.15, 0.2) is 5.96 Å². The highest BCUT2D eigenvalue weighted by Gasteiger charge is 2.59. The molecule has 1 aliphatic heterocycles. The first-order chi connectivity index (χ1) is 11.9. The second-order valence-electron chi connectivity index (χ2n) is 7.99. The number of rotatable bonds is 3. The Balaban J connectivity index is 1.40. The molecule has 0 bridgehead atoms. The van der Waals surface area contributed by atoms with Crippen molar-refractivity contribution in [1.82, 2.24) is 10.6 Å². The number of fused-ring (bicyclic) bond motifs is 1. The van der Waals surface area contributed by atoms with Gasteiger partial charge in [0.05, 0.1) is 6.10 Å². The minimum absolute atomic E-state index is 0.0106. The molecule has 2 aliphatic carbocycles. The Labute approximate surface area is 147 Å². The molecule has 0 amide bonds. The van der Waals surface area contributed by atoms with Crippen LogP contribution < -0.4 is 10.6 Å². The van der Waals surface area contributed by atoms with E-state index in [1.54, 1.807) is 7.05 Å². The molecule has 25 heavy (non-hydrogen) atoms. The largest absolute Gasteiger partial charge is 0.377 e. The van der Waals surface area contributed by atoms with E-state index < -0.39 is 11.6 Å². The zero-order valence-electron chi connectivity index (χ0n) is 14.9. The van der Waals surface area contributed by atoms with E-state index in [2.05, 4.69) is 29.5 Å². The van der Waals surface area contributed by atoms with Crippen molar-refractivity contribution >= 4 is 5.96 Å². The van der Waals surface area contributed by atoms with Crippen LogP contribution in [0.4, 0.5) is 8.78 Å². The molecule has 6 heteroatoms. The number of aliphatic imine (C=N–C) groups is 1. The maximum absolute atomic E-state index is 13.9. The summed E-state index contributed by atoms with van der Waals surface area (Å²) in [6, 6.07) is 4.35. The standard InChI is InChI=1S/C19H25F2N3O/c1-19(2)16(10-7-8-25-17(10)19)24-18(22-3)23-14-9-11(14)15-12(20)5-4-6-13(15)21/h4-6,10-11,14,16-17H,7-9H2,1-3H3,(H2,22,23,24). The van der Waals surface area contributed by atoms with E-state index in [0.29, 0.717) is 30.4 Å². The molecular weight excluding hydrogens is 324 g/mol. The molecule has 1 aromatic rings. The van der Waals surface area contributed by atoms with Gasteiger partial charge in [-0.1, -0.05) is 19.9 Å². The number of hydrogen-bond donors (Lipinski definition) is 2. The zero-order valence-corrected chi connectivity index (χ0v) is 14.9. The van der Waals surface area contributed by atoms with Gasteiger partial charge in [0.1, 0.15) is 11.6 Å². The van der Waals surface area contributed by atoms with Crippen molar-refractivity contribution in [2.24, 2.45) is 16.3 Å². The van der Waals surface area contributed by atoms with Crippen LogP contribution in [0.1, 0.15) is 38.2 Å². The van der Waals surface area contributed by atoms with Gasteiger partial charge in [-0.2, -0.15) is 0 Å². The highest BCUT2D eigenvalue weighted by Crippen LogP contribution is 2.52. The summed E-state index contributed by atoms with van der Waals surface area (Å²) in [4.78, 5) is 4.31. The number of benzene rings is 1. The fourth-order valence-corrected chi connectivity index (χ4v) is 4.65. The average Bonchev–Trinajstić information content (AvgIpc) is 3.15. The molecule has 4 nitrogen and oxygen atoms in total. The second kappa shape index (κ2) is 5.94. The molecule has 1 heterocycles. The van der Waals surface area contributed by atoms with E-state index in [1.165, 1.54) is 18.2 Å². The van der Waals surface area contributed by atoms with Gasteiger partial charge in [-0.3, -0.25) is 4.99 Å². The Bertz CT molecular complexity index is 686. The number of halogens is 2. The van der Waals surface area contributed by atoms with Crippen LogP contribution >= 0.6 is 0 Å². The third-order valence-corrected chi connectivity index (χ3v) is 6.10. The number of nitrogens with zero attached hydrogens (tertiary/aromatic N) is 1. The molecular formula is C19H25F2N3O. The first kappa shape index (κ1) is 16.8. The second-order valence-corrected chi connectivity index (χ2v) is 7.99. The predicted molar refractivity (Wildman–Crippen MR) is 92.6 cm³/mol. The Morgan fingerprint density at radius 3 is 2.64 bits per heavy atom. The summed E-state index contributed by atoms with van der Waals surface area (Å²) in [5.74, 6) is 0.128. The van der Waals surface area contributed by atoms with E-state index in [4.69, 9.17) is 4.74 Å². The van der Waals surface area contributed by atoms with Gasteiger partial charge in [0, 0.05) is 48.6 Å². The van der Waals surface area contributed by atoms with Gasteiger partial charge >= 0.3 is 0 Å².